The van der Waals surface area contributed by atoms with Gasteiger partial charge in [0.05, 0.1) is 0 Å². The Bertz CT molecular complexity index is 1150. The monoisotopic (exact) mass is 598 g/mol. The van der Waals surface area contributed by atoms with Gasteiger partial charge in [-0.1, -0.05) is 52.0 Å². The summed E-state index contributed by atoms with van der Waals surface area (Å²) in [6.07, 6.45) is 0.949. The van der Waals surface area contributed by atoms with E-state index in [1.807, 2.05) is 27.7 Å². The number of hydrogen-bond donors (Lipinski definition) is 0. The fourth-order valence-corrected chi connectivity index (χ4v) is 8.52. The first-order chi connectivity index (χ1) is 17.1. The van der Waals surface area contributed by atoms with Crippen molar-refractivity contribution < 1.29 is 38.8 Å². The molecule has 14 heteroatoms. The summed E-state index contributed by atoms with van der Waals surface area (Å²) in [4.78, 5) is 1.20. The van der Waals surface area contributed by atoms with Crippen LogP contribution in [-0.2, 0) is 55.1 Å². The van der Waals surface area contributed by atoms with Crippen LogP contribution in [0.2, 0.25) is 0 Å². The van der Waals surface area contributed by atoms with Gasteiger partial charge in [0.15, 0.2) is 13.6 Å². The number of benzene rings is 2. The van der Waals surface area contributed by atoms with Gasteiger partial charge in [0.1, 0.15) is 9.79 Å². The predicted molar refractivity (Wildman–Crippen MR) is 142 cm³/mol. The molecule has 0 unspecified atom stereocenters. The van der Waals surface area contributed by atoms with Gasteiger partial charge in [0.25, 0.3) is 0 Å². The topological polar surface area (TPSA) is 122 Å². The molecule has 2 aromatic rings. The summed E-state index contributed by atoms with van der Waals surface area (Å²) >= 11 is 2.72. The largest absolute Gasteiger partial charge is 0.323 e. The summed E-state index contributed by atoms with van der Waals surface area (Å²) in [6, 6.07) is 10.3. The SMILES string of the molecule is CCSc1cccc(CC)c1S(=O)(=O)OCO[PH](=O)OCOS(=O)(=O)c1c(CC)cccc1SCC. The van der Waals surface area contributed by atoms with E-state index in [1.165, 1.54) is 23.5 Å². The Morgan fingerprint density at radius 3 is 1.42 bits per heavy atom. The lowest BCUT2D eigenvalue weighted by Crippen LogP contribution is -2.13. The van der Waals surface area contributed by atoms with E-state index >= 15 is 0 Å². The van der Waals surface area contributed by atoms with Crippen molar-refractivity contribution in [2.75, 3.05) is 25.1 Å². The maximum Gasteiger partial charge on any atom is 0.323 e. The van der Waals surface area contributed by atoms with Gasteiger partial charge < -0.3 is 0 Å². The molecule has 0 aromatic heterocycles. The highest BCUT2D eigenvalue weighted by Crippen LogP contribution is 2.33. The lowest BCUT2D eigenvalue weighted by Gasteiger charge is -2.14. The number of aryl methyl sites for hydroxylation is 2. The van der Waals surface area contributed by atoms with Gasteiger partial charge >= 0.3 is 28.5 Å². The van der Waals surface area contributed by atoms with Crippen LogP contribution >= 0.6 is 31.8 Å². The van der Waals surface area contributed by atoms with E-state index in [1.54, 1.807) is 36.4 Å². The summed E-state index contributed by atoms with van der Waals surface area (Å²) in [5.41, 5.74) is 1.17. The van der Waals surface area contributed by atoms with Crippen LogP contribution in [-0.4, -0.2) is 41.9 Å². The smallest absolute Gasteiger partial charge is 0.282 e. The molecule has 0 bridgehead atoms. The second-order valence-corrected chi connectivity index (χ2v) is 13.8. The molecular weight excluding hydrogens is 567 g/mol. The molecule has 0 heterocycles. The second kappa shape index (κ2) is 14.9. The fraction of sp³-hybridized carbons (Fsp3) is 0.455. The van der Waals surface area contributed by atoms with Crippen LogP contribution in [0.3, 0.4) is 0 Å². The molecule has 0 atom stereocenters. The fourth-order valence-electron chi connectivity index (χ4n) is 3.22. The van der Waals surface area contributed by atoms with E-state index in [0.29, 0.717) is 45.3 Å². The van der Waals surface area contributed by atoms with Crippen LogP contribution < -0.4 is 0 Å². The van der Waals surface area contributed by atoms with Crippen LogP contribution in [0.1, 0.15) is 38.8 Å². The highest BCUT2D eigenvalue weighted by molar-refractivity contribution is 8.00. The van der Waals surface area contributed by atoms with Gasteiger partial charge in [0.2, 0.25) is 0 Å². The van der Waals surface area contributed by atoms with Gasteiger partial charge in [-0.25, -0.2) is 8.37 Å². The molecule has 0 spiro atoms. The minimum absolute atomic E-state index is 0.0494. The summed E-state index contributed by atoms with van der Waals surface area (Å²) in [5, 5.41) is 0. The first-order valence-corrected chi connectivity index (χ1v) is 17.2. The third-order valence-corrected chi connectivity index (χ3v) is 10.4. The van der Waals surface area contributed by atoms with E-state index in [9.17, 15) is 21.4 Å². The molecule has 0 radical (unpaired) electrons. The predicted octanol–water partition coefficient (Wildman–Crippen LogP) is 5.48. The van der Waals surface area contributed by atoms with Crippen molar-refractivity contribution in [1.29, 1.82) is 0 Å². The van der Waals surface area contributed by atoms with Crippen LogP contribution in [0.15, 0.2) is 56.0 Å². The minimum Gasteiger partial charge on any atom is -0.282 e. The number of rotatable bonds is 16. The number of thioether (sulfide) groups is 2. The van der Waals surface area contributed by atoms with Crippen molar-refractivity contribution in [2.45, 2.75) is 60.1 Å². The van der Waals surface area contributed by atoms with Gasteiger partial charge in [-0.2, -0.15) is 16.8 Å². The van der Waals surface area contributed by atoms with Crippen LogP contribution in [0.5, 0.6) is 0 Å². The molecule has 2 rings (SSSR count). The highest BCUT2D eigenvalue weighted by atomic mass is 32.2. The molecular formula is C22H31O9PS4. The molecule has 0 fully saturated rings. The van der Waals surface area contributed by atoms with Crippen molar-refractivity contribution >= 4 is 52.0 Å². The van der Waals surface area contributed by atoms with Gasteiger partial charge in [0, 0.05) is 9.79 Å². The molecule has 0 amide bonds. The van der Waals surface area contributed by atoms with Crippen LogP contribution in [0, 0.1) is 0 Å². The molecule has 36 heavy (non-hydrogen) atoms. The summed E-state index contributed by atoms with van der Waals surface area (Å²) < 4.78 is 82.7. The van der Waals surface area contributed by atoms with Crippen molar-refractivity contribution in [3.63, 3.8) is 0 Å². The van der Waals surface area contributed by atoms with Crippen molar-refractivity contribution in [3.8, 4) is 0 Å². The van der Waals surface area contributed by atoms with Crippen LogP contribution in [0.4, 0.5) is 0 Å². The maximum absolute atomic E-state index is 12.8. The second-order valence-electron chi connectivity index (χ2n) is 6.98. The zero-order chi connectivity index (χ0) is 26.8. The molecule has 0 N–H and O–H groups in total. The van der Waals surface area contributed by atoms with E-state index in [0.717, 1.165) is 0 Å². The van der Waals surface area contributed by atoms with E-state index in [4.69, 9.17) is 17.4 Å². The van der Waals surface area contributed by atoms with Gasteiger partial charge in [-0.15, -0.1) is 23.5 Å². The molecule has 2 aromatic carbocycles. The Hall–Kier alpha value is -0.890. The van der Waals surface area contributed by atoms with Gasteiger partial charge in [-0.05, 0) is 47.6 Å². The molecule has 202 valence electrons. The minimum atomic E-state index is -4.20. The molecule has 0 aliphatic rings. The highest BCUT2D eigenvalue weighted by Gasteiger charge is 2.25. The Kier molecular flexibility index (Phi) is 13.0. The Morgan fingerprint density at radius 2 is 1.08 bits per heavy atom. The van der Waals surface area contributed by atoms with Crippen LogP contribution in [0.25, 0.3) is 0 Å². The van der Waals surface area contributed by atoms with Crippen molar-refractivity contribution in [3.05, 3.63) is 47.5 Å². The van der Waals surface area contributed by atoms with Gasteiger partial charge in [-0.3, -0.25) is 13.6 Å². The average molecular weight is 599 g/mol. The third-order valence-electron chi connectivity index (χ3n) is 4.74. The molecule has 0 saturated heterocycles. The summed E-state index contributed by atoms with van der Waals surface area (Å²) in [6.45, 7) is 5.73. The van der Waals surface area contributed by atoms with E-state index in [2.05, 4.69) is 0 Å². The van der Waals surface area contributed by atoms with E-state index in [-0.39, 0.29) is 9.79 Å². The molecule has 0 aliphatic heterocycles. The quantitative estimate of drug-likeness (QED) is 0.106. The van der Waals surface area contributed by atoms with Crippen molar-refractivity contribution in [2.24, 2.45) is 0 Å². The first kappa shape index (κ1) is 31.3. The first-order valence-electron chi connectivity index (χ1n) is 11.2. The Balaban J connectivity index is 1.98. The normalized spacial score (nSPS) is 12.4. The lowest BCUT2D eigenvalue weighted by atomic mass is 10.2. The number of hydrogen-bond acceptors (Lipinski definition) is 11. The summed E-state index contributed by atoms with van der Waals surface area (Å²) in [7, 11) is -11.7. The molecule has 0 saturated carbocycles. The van der Waals surface area contributed by atoms with E-state index < -0.39 is 42.1 Å². The molecule has 0 aliphatic carbocycles. The Morgan fingerprint density at radius 1 is 0.694 bits per heavy atom. The Labute approximate surface area is 222 Å². The summed E-state index contributed by atoms with van der Waals surface area (Å²) in [5.74, 6) is 1.33. The third kappa shape index (κ3) is 8.57. The molecule has 9 nitrogen and oxygen atoms in total. The average Bonchev–Trinajstić information content (AvgIpc) is 2.83. The van der Waals surface area contributed by atoms with Crippen molar-refractivity contribution in [1.82, 2.24) is 0 Å². The standard InChI is InChI=1S/C22H31O9PS4/c1-5-17-11-9-13-19(33-7-3)21(17)35(24,25)30-15-28-32(23)29-16-31-36(26,27)22-18(6-2)12-10-14-20(22)34-8-4/h9-14,32H,5-8,15-16H2,1-4H3. The lowest BCUT2D eigenvalue weighted by molar-refractivity contribution is 0.0752. The zero-order valence-corrected chi connectivity index (χ0v) is 24.8. The zero-order valence-electron chi connectivity index (χ0n) is 20.5. The maximum atomic E-state index is 12.8.